The van der Waals surface area contributed by atoms with Crippen molar-refractivity contribution in [3.8, 4) is 0 Å². The summed E-state index contributed by atoms with van der Waals surface area (Å²) < 4.78 is 6.88. The molecule has 2 rings (SSSR count). The molecule has 2 heterocycles. The lowest BCUT2D eigenvalue weighted by atomic mass is 10.1. The van der Waals surface area contributed by atoms with Gasteiger partial charge in [0, 0.05) is 18.1 Å². The van der Waals surface area contributed by atoms with Crippen LogP contribution in [0.25, 0.3) is 6.20 Å². The Morgan fingerprint density at radius 3 is 3.31 bits per heavy atom. The topological polar surface area (TPSA) is 31.2 Å². The third kappa shape index (κ3) is 1.26. The number of rotatable bonds is 2. The zero-order valence-corrected chi connectivity index (χ0v) is 7.43. The van der Waals surface area contributed by atoms with Gasteiger partial charge in [0.15, 0.2) is 0 Å². The summed E-state index contributed by atoms with van der Waals surface area (Å²) in [5, 5.41) is 0. The second-order valence-corrected chi connectivity index (χ2v) is 2.91. The molecule has 0 aromatic carbocycles. The zero-order chi connectivity index (χ0) is 9.26. The molecule has 1 aromatic heterocycles. The molecular weight excluding hydrogens is 166 g/mol. The van der Waals surface area contributed by atoms with Crippen molar-refractivity contribution < 1.29 is 9.53 Å². The molecule has 0 aliphatic carbocycles. The van der Waals surface area contributed by atoms with Gasteiger partial charge in [-0.1, -0.05) is 0 Å². The van der Waals surface area contributed by atoms with Gasteiger partial charge in [-0.2, -0.15) is 0 Å². The van der Waals surface area contributed by atoms with E-state index in [1.54, 1.807) is 0 Å². The van der Waals surface area contributed by atoms with Gasteiger partial charge in [0.2, 0.25) is 0 Å². The third-order valence-corrected chi connectivity index (χ3v) is 2.11. The minimum Gasteiger partial charge on any atom is -0.465 e. The van der Waals surface area contributed by atoms with Crippen LogP contribution in [0.2, 0.25) is 0 Å². The Bertz CT molecular complexity index is 352. The first kappa shape index (κ1) is 8.10. The van der Waals surface area contributed by atoms with Crippen molar-refractivity contribution >= 4 is 12.2 Å². The number of nitrogens with zero attached hydrogens (tertiary/aromatic N) is 1. The Morgan fingerprint density at radius 2 is 2.54 bits per heavy atom. The normalized spacial score (nSPS) is 18.7. The van der Waals surface area contributed by atoms with E-state index in [4.69, 9.17) is 4.74 Å². The van der Waals surface area contributed by atoms with E-state index in [2.05, 4.69) is 0 Å². The lowest BCUT2D eigenvalue weighted by Crippen LogP contribution is -2.13. The molecule has 0 spiro atoms. The van der Waals surface area contributed by atoms with E-state index in [-0.39, 0.29) is 11.9 Å². The highest BCUT2D eigenvalue weighted by molar-refractivity contribution is 5.82. The highest BCUT2D eigenvalue weighted by Gasteiger charge is 2.24. The summed E-state index contributed by atoms with van der Waals surface area (Å²) in [5.41, 5.74) is 0.985. The predicted molar refractivity (Wildman–Crippen MR) is 49.1 cm³/mol. The minimum atomic E-state index is -0.213. The monoisotopic (exact) mass is 177 g/mol. The quantitative estimate of drug-likeness (QED) is 0.643. The molecule has 0 saturated heterocycles. The molecule has 0 amide bonds. The van der Waals surface area contributed by atoms with E-state index < -0.39 is 0 Å². The number of carbonyl (C=O) groups is 1. The maximum atomic E-state index is 11.4. The van der Waals surface area contributed by atoms with Crippen LogP contribution in [0.3, 0.4) is 0 Å². The molecule has 0 radical (unpaired) electrons. The summed E-state index contributed by atoms with van der Waals surface area (Å²) in [6.07, 6.45) is 5.66. The van der Waals surface area contributed by atoms with E-state index >= 15 is 0 Å². The van der Waals surface area contributed by atoms with Crippen molar-refractivity contribution in [1.82, 2.24) is 4.57 Å². The first-order valence-electron chi connectivity index (χ1n) is 4.34. The van der Waals surface area contributed by atoms with Crippen molar-refractivity contribution in [2.45, 2.75) is 12.8 Å². The maximum absolute atomic E-state index is 11.4. The second kappa shape index (κ2) is 3.09. The minimum absolute atomic E-state index is 0.170. The molecule has 3 heteroatoms. The fourth-order valence-corrected chi connectivity index (χ4v) is 1.52. The molecule has 1 aliphatic heterocycles. The smallest absolute Gasteiger partial charge is 0.318 e. The van der Waals surface area contributed by atoms with Gasteiger partial charge in [0.1, 0.15) is 5.92 Å². The molecular formula is C10H11NO2. The zero-order valence-electron chi connectivity index (χ0n) is 7.43. The van der Waals surface area contributed by atoms with Crippen LogP contribution in [-0.2, 0) is 9.53 Å². The summed E-state index contributed by atoms with van der Waals surface area (Å²) in [4.78, 5) is 11.4. The molecule has 0 fully saturated rings. The molecule has 0 saturated carbocycles. The largest absolute Gasteiger partial charge is 0.465 e. The van der Waals surface area contributed by atoms with Gasteiger partial charge in [0.25, 0.3) is 0 Å². The van der Waals surface area contributed by atoms with Gasteiger partial charge in [-0.3, -0.25) is 4.79 Å². The number of hydrogen-bond donors (Lipinski definition) is 0. The summed E-state index contributed by atoms with van der Waals surface area (Å²) in [5.74, 6) is -0.383. The van der Waals surface area contributed by atoms with Gasteiger partial charge in [-0.25, -0.2) is 0 Å². The Labute approximate surface area is 76.6 Å². The standard InChI is InChI=1S/C10H11NO2/c1-2-13-10(12)8-5-7-11-6-3-4-9(8)11/h3-8H,2H2,1H3. The first-order valence-corrected chi connectivity index (χ1v) is 4.34. The molecule has 1 unspecified atom stereocenters. The van der Waals surface area contributed by atoms with Gasteiger partial charge in [-0.05, 0) is 25.1 Å². The van der Waals surface area contributed by atoms with Crippen LogP contribution in [0.4, 0.5) is 0 Å². The van der Waals surface area contributed by atoms with Crippen LogP contribution in [-0.4, -0.2) is 17.1 Å². The van der Waals surface area contributed by atoms with Crippen LogP contribution in [0.15, 0.2) is 24.4 Å². The Morgan fingerprint density at radius 1 is 1.69 bits per heavy atom. The van der Waals surface area contributed by atoms with Crippen LogP contribution in [0.1, 0.15) is 18.5 Å². The number of aromatic nitrogens is 1. The molecule has 0 bridgehead atoms. The number of hydrogen-bond acceptors (Lipinski definition) is 2. The van der Waals surface area contributed by atoms with Gasteiger partial charge in [0.05, 0.1) is 6.61 Å². The average Bonchev–Trinajstić information content (AvgIpc) is 2.62. The van der Waals surface area contributed by atoms with E-state index in [1.807, 2.05) is 42.1 Å². The van der Waals surface area contributed by atoms with Crippen molar-refractivity contribution in [2.24, 2.45) is 0 Å². The van der Waals surface area contributed by atoms with Crippen molar-refractivity contribution in [1.29, 1.82) is 0 Å². The number of carbonyl (C=O) groups excluding carboxylic acids is 1. The van der Waals surface area contributed by atoms with Gasteiger partial charge >= 0.3 is 5.97 Å². The number of esters is 1. The molecule has 1 atom stereocenters. The van der Waals surface area contributed by atoms with Crippen LogP contribution < -0.4 is 0 Å². The summed E-state index contributed by atoms with van der Waals surface area (Å²) in [6.45, 7) is 2.25. The molecule has 0 N–H and O–H groups in total. The third-order valence-electron chi connectivity index (χ3n) is 2.11. The SMILES string of the molecule is CCOC(=O)C1C=Cn2cccc21. The Hall–Kier alpha value is -1.51. The molecule has 13 heavy (non-hydrogen) atoms. The average molecular weight is 177 g/mol. The highest BCUT2D eigenvalue weighted by atomic mass is 16.5. The van der Waals surface area contributed by atoms with E-state index in [0.29, 0.717) is 6.61 Å². The summed E-state index contributed by atoms with van der Waals surface area (Å²) in [6, 6.07) is 3.85. The highest BCUT2D eigenvalue weighted by Crippen LogP contribution is 2.25. The summed E-state index contributed by atoms with van der Waals surface area (Å²) >= 11 is 0. The van der Waals surface area contributed by atoms with Crippen molar-refractivity contribution in [3.05, 3.63) is 30.1 Å². The lowest BCUT2D eigenvalue weighted by molar-refractivity contribution is -0.143. The Balaban J connectivity index is 2.21. The molecule has 3 nitrogen and oxygen atoms in total. The number of ether oxygens (including phenoxy) is 1. The lowest BCUT2D eigenvalue weighted by Gasteiger charge is -2.06. The van der Waals surface area contributed by atoms with E-state index in [0.717, 1.165) is 5.69 Å². The summed E-state index contributed by atoms with van der Waals surface area (Å²) in [7, 11) is 0. The van der Waals surface area contributed by atoms with Crippen LogP contribution in [0, 0.1) is 0 Å². The van der Waals surface area contributed by atoms with Crippen LogP contribution >= 0.6 is 0 Å². The van der Waals surface area contributed by atoms with E-state index in [9.17, 15) is 4.79 Å². The van der Waals surface area contributed by atoms with Gasteiger partial charge < -0.3 is 9.30 Å². The number of fused-ring (bicyclic) bond motifs is 1. The fraction of sp³-hybridized carbons (Fsp3) is 0.300. The first-order chi connectivity index (χ1) is 6.33. The molecule has 1 aromatic rings. The Kier molecular flexibility index (Phi) is 1.93. The van der Waals surface area contributed by atoms with Crippen LogP contribution in [0.5, 0.6) is 0 Å². The molecule has 68 valence electrons. The maximum Gasteiger partial charge on any atom is 0.318 e. The second-order valence-electron chi connectivity index (χ2n) is 2.91. The fourth-order valence-electron chi connectivity index (χ4n) is 1.52. The van der Waals surface area contributed by atoms with E-state index in [1.165, 1.54) is 0 Å². The molecule has 1 aliphatic rings. The van der Waals surface area contributed by atoms with Crippen molar-refractivity contribution in [3.63, 3.8) is 0 Å². The van der Waals surface area contributed by atoms with Crippen molar-refractivity contribution in [2.75, 3.05) is 6.61 Å². The predicted octanol–water partition coefficient (Wildman–Crippen LogP) is 1.62. The van der Waals surface area contributed by atoms with Gasteiger partial charge in [-0.15, -0.1) is 0 Å².